The van der Waals surface area contributed by atoms with Gasteiger partial charge in [0.05, 0.1) is 24.3 Å². The first-order chi connectivity index (χ1) is 10.5. The van der Waals surface area contributed by atoms with Gasteiger partial charge in [-0.25, -0.2) is 4.99 Å². The molecule has 6 nitrogen and oxygen atoms in total. The molecule has 0 bridgehead atoms. The Morgan fingerprint density at radius 1 is 1.52 bits per heavy atom. The molecule has 2 rings (SSSR count). The van der Waals surface area contributed by atoms with Crippen LogP contribution in [-0.2, 0) is 20.1 Å². The molecule has 128 valence electrons. The second kappa shape index (κ2) is 9.17. The third-order valence-corrected chi connectivity index (χ3v) is 3.71. The normalized spacial score (nSPS) is 11.3. The first-order valence-electron chi connectivity index (χ1n) is 7.30. The number of aromatic nitrogens is 3. The molecule has 8 heteroatoms. The summed E-state index contributed by atoms with van der Waals surface area (Å²) in [5.74, 6) is 0.862. The molecule has 0 fully saturated rings. The van der Waals surface area contributed by atoms with Crippen molar-refractivity contribution in [1.29, 1.82) is 0 Å². The summed E-state index contributed by atoms with van der Waals surface area (Å²) < 4.78 is 2.03. The Morgan fingerprint density at radius 2 is 2.26 bits per heavy atom. The Bertz CT molecular complexity index is 648. The van der Waals surface area contributed by atoms with Gasteiger partial charge in [-0.05, 0) is 19.9 Å². The van der Waals surface area contributed by atoms with Crippen LogP contribution in [0.1, 0.15) is 23.9 Å². The molecule has 0 saturated heterocycles. The van der Waals surface area contributed by atoms with E-state index >= 15 is 0 Å². The maximum atomic E-state index is 6.04. The number of aryl methyl sites for hydroxylation is 2. The van der Waals surface area contributed by atoms with E-state index in [1.165, 1.54) is 0 Å². The second-order valence-corrected chi connectivity index (χ2v) is 5.74. The van der Waals surface area contributed by atoms with Crippen LogP contribution in [0.15, 0.2) is 23.5 Å². The van der Waals surface area contributed by atoms with Gasteiger partial charge in [-0.3, -0.25) is 5.10 Å². The highest BCUT2D eigenvalue weighted by Gasteiger charge is 2.10. The number of halogens is 2. The van der Waals surface area contributed by atoms with E-state index in [1.807, 2.05) is 44.0 Å². The zero-order chi connectivity index (χ0) is 16.1. The number of H-pyrrole nitrogens is 1. The van der Waals surface area contributed by atoms with E-state index < -0.39 is 0 Å². The molecule has 0 atom stereocenters. The fourth-order valence-corrected chi connectivity index (χ4v) is 2.48. The fourth-order valence-electron chi connectivity index (χ4n) is 2.21. The molecule has 0 aliphatic heterocycles. The lowest BCUT2D eigenvalue weighted by Crippen LogP contribution is -2.38. The van der Waals surface area contributed by atoms with Gasteiger partial charge in [-0.1, -0.05) is 11.6 Å². The van der Waals surface area contributed by atoms with E-state index in [-0.39, 0.29) is 24.0 Å². The number of aliphatic imine (C=N–C) groups is 1. The molecule has 2 aromatic heterocycles. The molecular weight excluding hydrogens is 427 g/mol. The van der Waals surface area contributed by atoms with E-state index in [9.17, 15) is 0 Å². The maximum Gasteiger partial charge on any atom is 0.194 e. The highest BCUT2D eigenvalue weighted by molar-refractivity contribution is 14.0. The average molecular weight is 451 g/mol. The van der Waals surface area contributed by atoms with E-state index in [0.29, 0.717) is 6.54 Å². The number of nitrogens with one attached hydrogen (secondary N) is 2. The van der Waals surface area contributed by atoms with Gasteiger partial charge in [0, 0.05) is 43.8 Å². The van der Waals surface area contributed by atoms with E-state index in [2.05, 4.69) is 32.3 Å². The minimum absolute atomic E-state index is 0. The van der Waals surface area contributed by atoms with Crippen LogP contribution in [0.3, 0.4) is 0 Å². The van der Waals surface area contributed by atoms with Crippen LogP contribution in [-0.4, -0.2) is 39.2 Å². The molecule has 0 saturated carbocycles. The molecule has 0 amide bonds. The number of nitrogens with zero attached hydrogens (tertiary/aromatic N) is 4. The Kier molecular flexibility index (Phi) is 7.90. The summed E-state index contributed by atoms with van der Waals surface area (Å²) in [4.78, 5) is 6.77. The minimum Gasteiger partial charge on any atom is -0.357 e. The number of hydrogen-bond acceptors (Lipinski definition) is 2. The molecule has 0 aliphatic carbocycles. The van der Waals surface area contributed by atoms with Crippen molar-refractivity contribution in [3.05, 3.63) is 40.4 Å². The molecule has 0 spiro atoms. The predicted octanol–water partition coefficient (Wildman–Crippen LogP) is 2.93. The molecule has 0 aliphatic rings. The van der Waals surface area contributed by atoms with Crippen LogP contribution < -0.4 is 5.32 Å². The lowest BCUT2D eigenvalue weighted by Gasteiger charge is -2.22. The largest absolute Gasteiger partial charge is 0.357 e. The summed E-state index contributed by atoms with van der Waals surface area (Å²) in [5.41, 5.74) is 3.29. The van der Waals surface area contributed by atoms with Crippen LogP contribution >= 0.6 is 35.6 Å². The lowest BCUT2D eigenvalue weighted by atomic mass is 10.3. The quantitative estimate of drug-likeness (QED) is 0.418. The Morgan fingerprint density at radius 3 is 2.78 bits per heavy atom. The summed E-state index contributed by atoms with van der Waals surface area (Å²) in [6.07, 6.45) is 3.73. The van der Waals surface area contributed by atoms with Crippen LogP contribution in [0.4, 0.5) is 0 Å². The summed E-state index contributed by atoms with van der Waals surface area (Å²) >= 11 is 6.04. The van der Waals surface area contributed by atoms with Gasteiger partial charge in [0.15, 0.2) is 5.96 Å². The van der Waals surface area contributed by atoms with E-state index in [0.717, 1.165) is 41.0 Å². The van der Waals surface area contributed by atoms with Gasteiger partial charge in [-0.15, -0.1) is 24.0 Å². The number of aromatic amines is 1. The van der Waals surface area contributed by atoms with Gasteiger partial charge < -0.3 is 14.8 Å². The van der Waals surface area contributed by atoms with Crippen molar-refractivity contribution in [1.82, 2.24) is 25.0 Å². The van der Waals surface area contributed by atoms with Gasteiger partial charge in [0.2, 0.25) is 0 Å². The van der Waals surface area contributed by atoms with Crippen LogP contribution in [0.25, 0.3) is 0 Å². The smallest absolute Gasteiger partial charge is 0.194 e. The summed E-state index contributed by atoms with van der Waals surface area (Å²) in [7, 11) is 4.01. The highest BCUT2D eigenvalue weighted by Crippen LogP contribution is 2.14. The topological polar surface area (TPSA) is 61.2 Å². The molecule has 2 N–H and O–H groups in total. The van der Waals surface area contributed by atoms with Gasteiger partial charge in [-0.2, -0.15) is 5.10 Å². The fraction of sp³-hybridized carbons (Fsp3) is 0.467. The van der Waals surface area contributed by atoms with Crippen LogP contribution in [0, 0.1) is 6.92 Å². The Labute approximate surface area is 159 Å². The third kappa shape index (κ3) is 5.42. The van der Waals surface area contributed by atoms with Crippen molar-refractivity contribution in [2.75, 3.05) is 13.6 Å². The minimum atomic E-state index is 0. The first-order valence-corrected chi connectivity index (χ1v) is 7.68. The maximum absolute atomic E-state index is 6.04. The van der Waals surface area contributed by atoms with Crippen molar-refractivity contribution in [3.63, 3.8) is 0 Å². The third-order valence-electron chi connectivity index (χ3n) is 3.50. The number of hydrogen-bond donors (Lipinski definition) is 2. The van der Waals surface area contributed by atoms with Crippen molar-refractivity contribution in [2.24, 2.45) is 12.0 Å². The molecule has 0 radical (unpaired) electrons. The molecule has 0 aromatic carbocycles. The monoisotopic (exact) mass is 450 g/mol. The lowest BCUT2D eigenvalue weighted by molar-refractivity contribution is 0.462. The van der Waals surface area contributed by atoms with Gasteiger partial charge in [0.1, 0.15) is 0 Å². The zero-order valence-corrected chi connectivity index (χ0v) is 17.0. The standard InChI is InChI=1S/C15H23ClN6.HI/c1-5-17-15(18-7-12-8-19-20-11(12)2)22(4)10-14-6-13(16)9-21(14)3;/h6,8-9H,5,7,10H2,1-4H3,(H,17,18)(H,19,20);1H. The zero-order valence-electron chi connectivity index (χ0n) is 13.9. The Hall–Kier alpha value is -1.22. The molecule has 2 heterocycles. The molecular formula is C15H24ClIN6. The number of rotatable bonds is 5. The molecule has 0 unspecified atom stereocenters. The summed E-state index contributed by atoms with van der Waals surface area (Å²) in [6, 6.07) is 1.97. The number of guanidine groups is 1. The van der Waals surface area contributed by atoms with Crippen molar-refractivity contribution in [2.45, 2.75) is 26.9 Å². The Balaban J connectivity index is 0.00000264. The average Bonchev–Trinajstić information content (AvgIpc) is 3.00. The second-order valence-electron chi connectivity index (χ2n) is 5.31. The van der Waals surface area contributed by atoms with Gasteiger partial charge in [0.25, 0.3) is 0 Å². The van der Waals surface area contributed by atoms with Crippen molar-refractivity contribution in [3.8, 4) is 0 Å². The molecule has 2 aromatic rings. The summed E-state index contributed by atoms with van der Waals surface area (Å²) in [6.45, 7) is 6.22. The molecule has 23 heavy (non-hydrogen) atoms. The van der Waals surface area contributed by atoms with Crippen molar-refractivity contribution >= 4 is 41.5 Å². The summed E-state index contributed by atoms with van der Waals surface area (Å²) in [5, 5.41) is 11.0. The SMILES string of the molecule is CCNC(=NCc1cn[nH]c1C)N(C)Cc1cc(Cl)cn1C.I. The van der Waals surface area contributed by atoms with Crippen LogP contribution in [0.5, 0.6) is 0 Å². The first kappa shape index (κ1) is 19.8. The highest BCUT2D eigenvalue weighted by atomic mass is 127. The van der Waals surface area contributed by atoms with Crippen LogP contribution in [0.2, 0.25) is 5.02 Å². The van der Waals surface area contributed by atoms with Crippen molar-refractivity contribution < 1.29 is 0 Å². The predicted molar refractivity (Wildman–Crippen MR) is 105 cm³/mol. The van der Waals surface area contributed by atoms with E-state index in [1.54, 1.807) is 0 Å². The van der Waals surface area contributed by atoms with Gasteiger partial charge >= 0.3 is 0 Å². The van der Waals surface area contributed by atoms with E-state index in [4.69, 9.17) is 11.6 Å².